The summed E-state index contributed by atoms with van der Waals surface area (Å²) in [4.78, 5) is 14.8. The first-order valence-corrected chi connectivity index (χ1v) is 11.0. The van der Waals surface area contributed by atoms with Crippen molar-refractivity contribution in [2.24, 2.45) is 14.1 Å². The summed E-state index contributed by atoms with van der Waals surface area (Å²) >= 11 is 1.66. The third-order valence-electron chi connectivity index (χ3n) is 5.39. The number of fused-ring (bicyclic) bond motifs is 1. The Bertz CT molecular complexity index is 1010. The lowest BCUT2D eigenvalue weighted by molar-refractivity contribution is -0.132. The first-order valence-electron chi connectivity index (χ1n) is 9.97. The summed E-state index contributed by atoms with van der Waals surface area (Å²) in [7, 11) is 3.94. The van der Waals surface area contributed by atoms with Crippen LogP contribution in [0.3, 0.4) is 0 Å². The molecule has 4 rings (SSSR count). The quantitative estimate of drug-likeness (QED) is 0.585. The van der Waals surface area contributed by atoms with E-state index in [-0.39, 0.29) is 5.91 Å². The van der Waals surface area contributed by atoms with Gasteiger partial charge in [-0.15, -0.1) is 10.2 Å². The molecule has 0 bridgehead atoms. The molecule has 0 atom stereocenters. The average Bonchev–Trinajstić information content (AvgIpc) is 3.26. The highest BCUT2D eigenvalue weighted by Crippen LogP contribution is 2.30. The van der Waals surface area contributed by atoms with Gasteiger partial charge >= 0.3 is 0 Å². The van der Waals surface area contributed by atoms with E-state index >= 15 is 0 Å². The smallest absolute Gasteiger partial charge is 0.223 e. The second-order valence-corrected chi connectivity index (χ2v) is 8.48. The van der Waals surface area contributed by atoms with Crippen LogP contribution in [0, 0.1) is 0 Å². The maximum atomic E-state index is 12.9. The molecular formula is C21H26N6OS. The number of hydrogen-bond acceptors (Lipinski definition) is 5. The highest BCUT2D eigenvalue weighted by atomic mass is 32.2. The molecule has 1 aromatic carbocycles. The van der Waals surface area contributed by atoms with Gasteiger partial charge < -0.3 is 9.47 Å². The number of carbonyl (C=O) groups excluding carboxylic acids is 1. The predicted octanol–water partition coefficient (Wildman–Crippen LogP) is 2.85. The zero-order valence-corrected chi connectivity index (χ0v) is 17.9. The van der Waals surface area contributed by atoms with Crippen LogP contribution in [-0.2, 0) is 38.3 Å². The van der Waals surface area contributed by atoms with E-state index in [9.17, 15) is 4.79 Å². The summed E-state index contributed by atoms with van der Waals surface area (Å²) in [6.07, 6.45) is 2.10. The van der Waals surface area contributed by atoms with Crippen LogP contribution in [0.4, 0.5) is 0 Å². The van der Waals surface area contributed by atoms with Crippen molar-refractivity contribution in [1.29, 1.82) is 0 Å². The van der Waals surface area contributed by atoms with E-state index in [1.165, 1.54) is 11.3 Å². The molecule has 0 aliphatic carbocycles. The zero-order valence-electron chi connectivity index (χ0n) is 17.1. The molecule has 0 saturated heterocycles. The standard InChI is InChI=1S/C21H26N6OS/c1-4-29-21-23-22-20(25(21)2)19-16-14-27(13-12-17(16)26(3)24-19)18(28)11-10-15-8-6-5-7-9-15/h5-9H,4,10-14H2,1-3H3. The number of amides is 1. The third-order valence-corrected chi connectivity index (χ3v) is 6.29. The van der Waals surface area contributed by atoms with E-state index in [2.05, 4.69) is 29.3 Å². The van der Waals surface area contributed by atoms with Gasteiger partial charge in [0.1, 0.15) is 5.69 Å². The fraction of sp³-hybridized carbons (Fsp3) is 0.429. The second-order valence-electron chi connectivity index (χ2n) is 7.25. The molecule has 3 aromatic rings. The number of aryl methyl sites for hydroxylation is 2. The minimum atomic E-state index is 0.189. The van der Waals surface area contributed by atoms with E-state index in [1.54, 1.807) is 11.8 Å². The molecule has 1 amide bonds. The fourth-order valence-corrected chi connectivity index (χ4v) is 4.45. The number of thioether (sulfide) groups is 1. The number of carbonyl (C=O) groups is 1. The Hall–Kier alpha value is -2.61. The molecule has 29 heavy (non-hydrogen) atoms. The maximum absolute atomic E-state index is 12.9. The summed E-state index contributed by atoms with van der Waals surface area (Å²) in [5, 5.41) is 14.3. The second kappa shape index (κ2) is 8.41. The van der Waals surface area contributed by atoms with Crippen LogP contribution in [0.5, 0.6) is 0 Å². The van der Waals surface area contributed by atoms with Gasteiger partial charge in [0, 0.05) is 51.3 Å². The van der Waals surface area contributed by atoms with Gasteiger partial charge in [-0.25, -0.2) is 0 Å². The van der Waals surface area contributed by atoms with Crippen molar-refractivity contribution < 1.29 is 4.79 Å². The van der Waals surface area contributed by atoms with Crippen LogP contribution in [0.2, 0.25) is 0 Å². The van der Waals surface area contributed by atoms with Gasteiger partial charge in [0.25, 0.3) is 0 Å². The molecule has 0 N–H and O–H groups in total. The number of aromatic nitrogens is 5. The van der Waals surface area contributed by atoms with Crippen molar-refractivity contribution in [3.8, 4) is 11.5 Å². The highest BCUT2D eigenvalue weighted by molar-refractivity contribution is 7.99. The minimum Gasteiger partial charge on any atom is -0.338 e. The van der Waals surface area contributed by atoms with Gasteiger partial charge in [-0.2, -0.15) is 5.10 Å². The summed E-state index contributed by atoms with van der Waals surface area (Å²) in [6.45, 7) is 3.41. The van der Waals surface area contributed by atoms with Crippen LogP contribution in [-0.4, -0.2) is 47.6 Å². The van der Waals surface area contributed by atoms with Gasteiger partial charge in [-0.05, 0) is 17.7 Å². The molecule has 0 radical (unpaired) electrons. The highest BCUT2D eigenvalue weighted by Gasteiger charge is 2.29. The molecule has 0 unspecified atom stereocenters. The number of nitrogens with zero attached hydrogens (tertiary/aromatic N) is 6. The zero-order chi connectivity index (χ0) is 20.4. The van der Waals surface area contributed by atoms with Crippen LogP contribution in [0.25, 0.3) is 11.5 Å². The number of hydrogen-bond donors (Lipinski definition) is 0. The summed E-state index contributed by atoms with van der Waals surface area (Å²) in [5.41, 5.74) is 4.30. The fourth-order valence-electron chi connectivity index (χ4n) is 3.81. The summed E-state index contributed by atoms with van der Waals surface area (Å²) in [6, 6.07) is 10.2. The van der Waals surface area contributed by atoms with E-state index in [0.717, 1.165) is 47.4 Å². The van der Waals surface area contributed by atoms with Crippen molar-refractivity contribution >= 4 is 17.7 Å². The molecule has 0 saturated carbocycles. The molecule has 8 heteroatoms. The van der Waals surface area contributed by atoms with E-state index in [0.29, 0.717) is 13.0 Å². The van der Waals surface area contributed by atoms with E-state index < -0.39 is 0 Å². The van der Waals surface area contributed by atoms with Crippen molar-refractivity contribution in [3.63, 3.8) is 0 Å². The lowest BCUT2D eigenvalue weighted by Crippen LogP contribution is -2.36. The van der Waals surface area contributed by atoms with Crippen molar-refractivity contribution in [2.75, 3.05) is 12.3 Å². The molecule has 1 aliphatic rings. The van der Waals surface area contributed by atoms with Gasteiger partial charge in [-0.3, -0.25) is 9.48 Å². The number of benzene rings is 1. The average molecular weight is 411 g/mol. The third kappa shape index (κ3) is 3.94. The predicted molar refractivity (Wildman–Crippen MR) is 113 cm³/mol. The maximum Gasteiger partial charge on any atom is 0.223 e. The first-order chi connectivity index (χ1) is 14.1. The molecule has 0 fully saturated rings. The van der Waals surface area contributed by atoms with Gasteiger partial charge in [0.15, 0.2) is 11.0 Å². The Morgan fingerprint density at radius 2 is 1.97 bits per heavy atom. The topological polar surface area (TPSA) is 68.8 Å². The molecule has 3 heterocycles. The Kier molecular flexibility index (Phi) is 5.71. The van der Waals surface area contributed by atoms with Gasteiger partial charge in [-0.1, -0.05) is 49.0 Å². The molecule has 2 aromatic heterocycles. The SMILES string of the molecule is CCSc1nnc(-c2nn(C)c3c2CN(C(=O)CCc2ccccc2)CC3)n1C. The molecule has 0 spiro atoms. The Labute approximate surface area is 175 Å². The first kappa shape index (κ1) is 19.7. The van der Waals surface area contributed by atoms with Crippen LogP contribution >= 0.6 is 11.8 Å². The lowest BCUT2D eigenvalue weighted by Gasteiger charge is -2.27. The Morgan fingerprint density at radius 3 is 2.72 bits per heavy atom. The normalized spacial score (nSPS) is 13.6. The minimum absolute atomic E-state index is 0.189. The Balaban J connectivity index is 1.53. The monoisotopic (exact) mass is 410 g/mol. The van der Waals surface area contributed by atoms with Crippen molar-refractivity contribution in [1.82, 2.24) is 29.4 Å². The molecule has 152 valence electrons. The van der Waals surface area contributed by atoms with Crippen LogP contribution < -0.4 is 0 Å². The summed E-state index contributed by atoms with van der Waals surface area (Å²) < 4.78 is 3.92. The molecule has 1 aliphatic heterocycles. The van der Waals surface area contributed by atoms with Gasteiger partial charge in [0.05, 0.1) is 0 Å². The van der Waals surface area contributed by atoms with E-state index in [4.69, 9.17) is 5.10 Å². The Morgan fingerprint density at radius 1 is 1.17 bits per heavy atom. The van der Waals surface area contributed by atoms with E-state index in [1.807, 2.05) is 46.4 Å². The molecule has 7 nitrogen and oxygen atoms in total. The largest absolute Gasteiger partial charge is 0.338 e. The van der Waals surface area contributed by atoms with Crippen LogP contribution in [0.1, 0.15) is 30.2 Å². The van der Waals surface area contributed by atoms with Crippen molar-refractivity contribution in [3.05, 3.63) is 47.2 Å². The lowest BCUT2D eigenvalue weighted by atomic mass is 10.0. The summed E-state index contributed by atoms with van der Waals surface area (Å²) in [5.74, 6) is 1.89. The van der Waals surface area contributed by atoms with Crippen LogP contribution in [0.15, 0.2) is 35.5 Å². The number of rotatable bonds is 6. The van der Waals surface area contributed by atoms with Crippen molar-refractivity contribution in [2.45, 2.75) is 37.9 Å². The molecular weight excluding hydrogens is 384 g/mol. The van der Waals surface area contributed by atoms with Gasteiger partial charge in [0.2, 0.25) is 5.91 Å².